The SMILES string of the molecule is CC1CC2C(=O)[C@H](C1)N(C)C(=O)[C@@H](CC(=O)c1ccccc1Cl)CCCC[C@@H]1C[C@@H](C[C@H]2C#N)C(=O)N1. The van der Waals surface area contributed by atoms with Crippen LogP contribution >= 0.6 is 11.6 Å². The zero-order valence-electron chi connectivity index (χ0n) is 21.6. The maximum absolute atomic E-state index is 13.8. The summed E-state index contributed by atoms with van der Waals surface area (Å²) in [7, 11) is 1.65. The lowest BCUT2D eigenvalue weighted by molar-refractivity contribution is -0.146. The molecule has 0 radical (unpaired) electrons. The van der Waals surface area contributed by atoms with E-state index in [4.69, 9.17) is 11.6 Å². The molecule has 2 amide bonds. The minimum absolute atomic E-state index is 0.0237. The second-order valence-electron chi connectivity index (χ2n) is 11.2. The number of halogens is 1. The smallest absolute Gasteiger partial charge is 0.226 e. The van der Waals surface area contributed by atoms with Gasteiger partial charge in [0.25, 0.3) is 0 Å². The van der Waals surface area contributed by atoms with Gasteiger partial charge in [-0.25, -0.2) is 0 Å². The molecule has 2 saturated heterocycles. The fourth-order valence-electron chi connectivity index (χ4n) is 6.49. The highest BCUT2D eigenvalue weighted by atomic mass is 35.5. The van der Waals surface area contributed by atoms with E-state index in [0.717, 1.165) is 19.3 Å². The molecule has 37 heavy (non-hydrogen) atoms. The number of amides is 2. The molecule has 7 atom stereocenters. The first-order valence-corrected chi connectivity index (χ1v) is 13.9. The molecule has 2 unspecified atom stereocenters. The molecule has 1 aliphatic carbocycles. The number of fused-ring (bicyclic) bond motifs is 4. The number of nitrogens with one attached hydrogen (secondary N) is 1. The van der Waals surface area contributed by atoms with E-state index >= 15 is 0 Å². The van der Waals surface area contributed by atoms with Crippen LogP contribution in [-0.2, 0) is 14.4 Å². The maximum atomic E-state index is 13.8. The van der Waals surface area contributed by atoms with Gasteiger partial charge in [0.1, 0.15) is 0 Å². The summed E-state index contributed by atoms with van der Waals surface area (Å²) in [5, 5.41) is 13.4. The Morgan fingerprint density at radius 2 is 1.84 bits per heavy atom. The van der Waals surface area contributed by atoms with Crippen LogP contribution in [0.2, 0.25) is 5.02 Å². The third-order valence-corrected chi connectivity index (χ3v) is 8.91. The van der Waals surface area contributed by atoms with Crippen LogP contribution in [-0.4, -0.2) is 47.4 Å². The zero-order chi connectivity index (χ0) is 26.7. The number of carbonyl (C=O) groups excluding carboxylic acids is 4. The van der Waals surface area contributed by atoms with Gasteiger partial charge in [-0.15, -0.1) is 0 Å². The van der Waals surface area contributed by atoms with Gasteiger partial charge in [-0.2, -0.15) is 5.26 Å². The van der Waals surface area contributed by atoms with Gasteiger partial charge in [0, 0.05) is 42.8 Å². The average Bonchev–Trinajstić information content (AvgIpc) is 3.23. The van der Waals surface area contributed by atoms with Crippen molar-refractivity contribution in [1.82, 2.24) is 10.2 Å². The molecule has 8 heteroatoms. The number of carbonyl (C=O) groups is 4. The number of hydrogen-bond acceptors (Lipinski definition) is 5. The molecule has 3 aliphatic rings. The normalized spacial score (nSPS) is 33.2. The molecule has 1 aromatic rings. The van der Waals surface area contributed by atoms with Crippen molar-refractivity contribution >= 4 is 35.0 Å². The Labute approximate surface area is 223 Å². The summed E-state index contributed by atoms with van der Waals surface area (Å²) < 4.78 is 0. The van der Waals surface area contributed by atoms with Crippen molar-refractivity contribution in [1.29, 1.82) is 5.26 Å². The lowest BCUT2D eigenvalue weighted by atomic mass is 9.70. The average molecular weight is 526 g/mol. The number of hydrogen-bond donors (Lipinski definition) is 1. The summed E-state index contributed by atoms with van der Waals surface area (Å²) in [5.41, 5.74) is 0.398. The highest BCUT2D eigenvalue weighted by Crippen LogP contribution is 2.38. The molecule has 198 valence electrons. The van der Waals surface area contributed by atoms with E-state index < -0.39 is 23.8 Å². The molecule has 7 nitrogen and oxygen atoms in total. The standard InChI is InChI=1S/C29H36ClN3O4/c1-17-11-23-20(16-31)13-19-14-21(32-28(19)36)8-4-3-7-18(29(37)33(2)25(12-17)27(23)35)15-26(34)22-9-5-6-10-24(22)30/h5-6,9-10,17-21,23,25H,3-4,7-8,11-15H2,1-2H3,(H,32,36)/t17?,18-,19-,20+,21-,23?,25+/m1/s1. The van der Waals surface area contributed by atoms with Crippen molar-refractivity contribution in [2.24, 2.45) is 29.6 Å². The lowest BCUT2D eigenvalue weighted by Gasteiger charge is -2.39. The highest BCUT2D eigenvalue weighted by molar-refractivity contribution is 6.34. The van der Waals surface area contributed by atoms with Crippen molar-refractivity contribution in [3.05, 3.63) is 34.9 Å². The molecule has 4 rings (SSSR count). The van der Waals surface area contributed by atoms with Crippen molar-refractivity contribution < 1.29 is 19.2 Å². The molecule has 0 spiro atoms. The van der Waals surface area contributed by atoms with Gasteiger partial charge in [0.05, 0.1) is 23.1 Å². The quantitative estimate of drug-likeness (QED) is 0.581. The topological polar surface area (TPSA) is 107 Å². The fraction of sp³-hybridized carbons (Fsp3) is 0.621. The Morgan fingerprint density at radius 3 is 2.57 bits per heavy atom. The number of nitriles is 1. The van der Waals surface area contributed by atoms with Crippen molar-refractivity contribution in [3.8, 4) is 6.07 Å². The minimum atomic E-state index is -0.634. The Morgan fingerprint density at radius 1 is 1.11 bits per heavy atom. The van der Waals surface area contributed by atoms with Crippen molar-refractivity contribution in [3.63, 3.8) is 0 Å². The molecular formula is C29H36ClN3O4. The second-order valence-corrected chi connectivity index (χ2v) is 11.7. The van der Waals surface area contributed by atoms with Gasteiger partial charge < -0.3 is 10.2 Å². The molecule has 1 aromatic carbocycles. The number of likely N-dealkylation sites (N-methyl/N-ethyl adjacent to an activating group) is 1. The van der Waals surface area contributed by atoms with E-state index in [9.17, 15) is 24.4 Å². The van der Waals surface area contributed by atoms with E-state index in [1.807, 2.05) is 6.92 Å². The van der Waals surface area contributed by atoms with E-state index in [1.165, 1.54) is 4.90 Å². The van der Waals surface area contributed by atoms with Crippen LogP contribution in [0.1, 0.15) is 75.1 Å². The van der Waals surface area contributed by atoms with Gasteiger partial charge in [-0.3, -0.25) is 19.2 Å². The van der Waals surface area contributed by atoms with Crippen LogP contribution in [0.15, 0.2) is 24.3 Å². The predicted octanol–water partition coefficient (Wildman–Crippen LogP) is 4.58. The first kappa shape index (κ1) is 27.3. The van der Waals surface area contributed by atoms with E-state index in [-0.39, 0.29) is 47.7 Å². The minimum Gasteiger partial charge on any atom is -0.353 e. The first-order valence-electron chi connectivity index (χ1n) is 13.5. The monoisotopic (exact) mass is 525 g/mol. The number of ketones is 2. The van der Waals surface area contributed by atoms with Crippen molar-refractivity contribution in [2.45, 2.75) is 76.8 Å². The van der Waals surface area contributed by atoms with E-state index in [1.54, 1.807) is 31.3 Å². The van der Waals surface area contributed by atoms with Crippen LogP contribution in [0.5, 0.6) is 0 Å². The molecule has 3 fully saturated rings. The molecule has 4 bridgehead atoms. The number of rotatable bonds is 3. The second kappa shape index (κ2) is 11.8. The molecule has 1 saturated carbocycles. The van der Waals surface area contributed by atoms with Crippen LogP contribution in [0.25, 0.3) is 0 Å². The molecule has 2 heterocycles. The van der Waals surface area contributed by atoms with Crippen LogP contribution < -0.4 is 5.32 Å². The Hall–Kier alpha value is -2.72. The summed E-state index contributed by atoms with van der Waals surface area (Å²) in [5.74, 6) is -2.25. The third-order valence-electron chi connectivity index (χ3n) is 8.58. The largest absolute Gasteiger partial charge is 0.353 e. The molecule has 0 aromatic heterocycles. The zero-order valence-corrected chi connectivity index (χ0v) is 22.4. The summed E-state index contributed by atoms with van der Waals surface area (Å²) >= 11 is 6.25. The van der Waals surface area contributed by atoms with Gasteiger partial charge in [0.15, 0.2) is 11.6 Å². The predicted molar refractivity (Wildman–Crippen MR) is 140 cm³/mol. The lowest BCUT2D eigenvalue weighted by Crippen LogP contribution is -2.52. The van der Waals surface area contributed by atoms with Crippen LogP contribution in [0.4, 0.5) is 0 Å². The van der Waals surface area contributed by atoms with Gasteiger partial charge in [-0.05, 0) is 56.6 Å². The van der Waals surface area contributed by atoms with Crippen LogP contribution in [0, 0.1) is 40.9 Å². The highest BCUT2D eigenvalue weighted by Gasteiger charge is 2.45. The Balaban J connectivity index is 1.62. The Kier molecular flexibility index (Phi) is 8.69. The summed E-state index contributed by atoms with van der Waals surface area (Å²) in [4.78, 5) is 54.8. The first-order chi connectivity index (χ1) is 17.7. The fourth-order valence-corrected chi connectivity index (χ4v) is 6.74. The van der Waals surface area contributed by atoms with E-state index in [0.29, 0.717) is 42.7 Å². The number of Topliss-reactive ketones (excluding diaryl/α,β-unsaturated/α-hetero) is 2. The van der Waals surface area contributed by atoms with Crippen molar-refractivity contribution in [2.75, 3.05) is 7.05 Å². The number of benzene rings is 1. The van der Waals surface area contributed by atoms with Crippen LogP contribution in [0.3, 0.4) is 0 Å². The molecule has 1 N–H and O–H groups in total. The van der Waals surface area contributed by atoms with Gasteiger partial charge in [-0.1, -0.05) is 43.5 Å². The summed E-state index contributed by atoms with van der Waals surface area (Å²) in [6.07, 6.45) is 5.04. The third kappa shape index (κ3) is 6.06. The van der Waals surface area contributed by atoms with Gasteiger partial charge >= 0.3 is 0 Å². The Bertz CT molecular complexity index is 1100. The summed E-state index contributed by atoms with van der Waals surface area (Å²) in [6, 6.07) is 8.58. The van der Waals surface area contributed by atoms with Gasteiger partial charge in [0.2, 0.25) is 11.8 Å². The van der Waals surface area contributed by atoms with E-state index in [2.05, 4.69) is 11.4 Å². The number of nitrogens with zero attached hydrogens (tertiary/aromatic N) is 2. The summed E-state index contributed by atoms with van der Waals surface area (Å²) in [6.45, 7) is 2.05. The molecule has 2 aliphatic heterocycles. The molecular weight excluding hydrogens is 490 g/mol. The maximum Gasteiger partial charge on any atom is 0.226 e.